The molecule has 0 saturated carbocycles. The molecule has 0 aliphatic heterocycles. The summed E-state index contributed by atoms with van der Waals surface area (Å²) in [5.41, 5.74) is 0.385. The number of rotatable bonds is 3. The van der Waals surface area contributed by atoms with Crippen LogP contribution in [0.4, 0.5) is 0 Å². The van der Waals surface area contributed by atoms with Crippen molar-refractivity contribution < 1.29 is 9.09 Å². The van der Waals surface area contributed by atoms with Crippen LogP contribution < -0.4 is 5.44 Å². The van der Waals surface area contributed by atoms with Crippen LogP contribution in [0.3, 0.4) is 0 Å². The van der Waals surface area contributed by atoms with Crippen molar-refractivity contribution in [2.75, 3.05) is 6.66 Å². The molecule has 1 rings (SSSR count). The summed E-state index contributed by atoms with van der Waals surface area (Å²) in [6.45, 7) is 5.19. The Hall–Kier alpha value is -0.670. The Morgan fingerprint density at radius 1 is 1.67 bits per heavy atom. The van der Waals surface area contributed by atoms with Gasteiger partial charge in [-0.25, -0.2) is 0 Å². The van der Waals surface area contributed by atoms with Crippen molar-refractivity contribution in [1.29, 1.82) is 0 Å². The Labute approximate surface area is 71.0 Å². The van der Waals surface area contributed by atoms with Gasteiger partial charge in [0, 0.05) is 6.66 Å². The summed E-state index contributed by atoms with van der Waals surface area (Å²) in [7, 11) is -2.76. The molecule has 0 spiro atoms. The van der Waals surface area contributed by atoms with Gasteiger partial charge in [-0.2, -0.15) is 15.4 Å². The lowest BCUT2D eigenvalue weighted by atomic mass is 10.5. The van der Waals surface area contributed by atoms with Crippen LogP contribution in [-0.4, -0.2) is 28.2 Å². The second kappa shape index (κ2) is 3.37. The van der Waals surface area contributed by atoms with Gasteiger partial charge in [0.1, 0.15) is 0 Å². The van der Waals surface area contributed by atoms with E-state index in [1.165, 1.54) is 12.9 Å². The highest BCUT2D eigenvalue weighted by Gasteiger charge is 2.23. The van der Waals surface area contributed by atoms with Crippen LogP contribution in [0.1, 0.15) is 13.8 Å². The first-order valence-corrected chi connectivity index (χ1v) is 5.72. The van der Waals surface area contributed by atoms with Gasteiger partial charge in [0.15, 0.2) is 5.44 Å². The quantitative estimate of drug-likeness (QED) is 0.713. The smallest absolute Gasteiger partial charge is 0.250 e. The summed E-state index contributed by atoms with van der Waals surface area (Å²) in [4.78, 5) is 0. The topological polar surface area (TPSA) is 67.9 Å². The molecule has 0 radical (unpaired) electrons. The average molecular weight is 189 g/mol. The lowest BCUT2D eigenvalue weighted by Crippen LogP contribution is -2.11. The maximum atomic E-state index is 11.7. The standard InChI is InChI=1S/C6H12N3O2P/c1-5(2)11-12(3,10)6-4-7-9-8-6/h4-5H,1-3H3,(H,7,8,9). The third-order valence-corrected chi connectivity index (χ3v) is 3.10. The zero-order valence-electron chi connectivity index (χ0n) is 7.31. The molecule has 1 atom stereocenters. The van der Waals surface area contributed by atoms with E-state index < -0.39 is 7.37 Å². The van der Waals surface area contributed by atoms with Crippen molar-refractivity contribution in [1.82, 2.24) is 15.4 Å². The van der Waals surface area contributed by atoms with Gasteiger partial charge in [0.25, 0.3) is 7.37 Å². The van der Waals surface area contributed by atoms with E-state index in [1.807, 2.05) is 13.8 Å². The van der Waals surface area contributed by atoms with Gasteiger partial charge < -0.3 is 4.52 Å². The maximum absolute atomic E-state index is 11.7. The largest absolute Gasteiger partial charge is 0.322 e. The molecule has 0 aliphatic carbocycles. The molecule has 1 unspecified atom stereocenters. The summed E-state index contributed by atoms with van der Waals surface area (Å²) in [6, 6.07) is 0. The maximum Gasteiger partial charge on any atom is 0.250 e. The monoisotopic (exact) mass is 189 g/mol. The molecular weight excluding hydrogens is 177 g/mol. The van der Waals surface area contributed by atoms with Crippen molar-refractivity contribution in [2.24, 2.45) is 0 Å². The molecule has 0 saturated heterocycles. The van der Waals surface area contributed by atoms with Crippen LogP contribution in [0, 0.1) is 0 Å². The Morgan fingerprint density at radius 3 is 2.75 bits per heavy atom. The van der Waals surface area contributed by atoms with Crippen molar-refractivity contribution in [3.63, 3.8) is 0 Å². The van der Waals surface area contributed by atoms with E-state index in [4.69, 9.17) is 4.52 Å². The predicted octanol–water partition coefficient (Wildman–Crippen LogP) is 0.763. The van der Waals surface area contributed by atoms with E-state index in [1.54, 1.807) is 0 Å². The van der Waals surface area contributed by atoms with E-state index in [9.17, 15) is 4.57 Å². The molecule has 68 valence electrons. The number of H-pyrrole nitrogens is 1. The number of nitrogens with one attached hydrogen (secondary N) is 1. The molecule has 0 bridgehead atoms. The minimum absolute atomic E-state index is 0.0717. The van der Waals surface area contributed by atoms with Crippen LogP contribution >= 0.6 is 7.37 Å². The van der Waals surface area contributed by atoms with Crippen molar-refractivity contribution >= 4 is 12.8 Å². The second-order valence-electron chi connectivity index (χ2n) is 2.83. The molecule has 1 N–H and O–H groups in total. The number of hydrogen-bond donors (Lipinski definition) is 1. The van der Waals surface area contributed by atoms with Gasteiger partial charge in [-0.05, 0) is 13.8 Å². The van der Waals surface area contributed by atoms with Crippen molar-refractivity contribution in [3.05, 3.63) is 6.20 Å². The third kappa shape index (κ3) is 2.16. The Kier molecular flexibility index (Phi) is 2.65. The molecule has 0 fully saturated rings. The average Bonchev–Trinajstić information content (AvgIpc) is 2.32. The molecule has 0 aliphatic rings. The molecule has 0 aromatic carbocycles. The molecule has 0 amide bonds. The van der Waals surface area contributed by atoms with E-state index in [0.29, 0.717) is 5.44 Å². The van der Waals surface area contributed by atoms with E-state index in [2.05, 4.69) is 15.4 Å². The zero-order valence-corrected chi connectivity index (χ0v) is 8.21. The van der Waals surface area contributed by atoms with E-state index >= 15 is 0 Å². The lowest BCUT2D eigenvalue weighted by molar-refractivity contribution is 0.251. The first kappa shape index (κ1) is 9.42. The molecule has 1 aromatic rings. The lowest BCUT2D eigenvalue weighted by Gasteiger charge is -2.13. The number of aromatic amines is 1. The zero-order chi connectivity index (χ0) is 9.19. The predicted molar refractivity (Wildman–Crippen MR) is 45.8 cm³/mol. The minimum Gasteiger partial charge on any atom is -0.322 e. The molecule has 12 heavy (non-hydrogen) atoms. The van der Waals surface area contributed by atoms with Gasteiger partial charge in [-0.3, -0.25) is 4.57 Å². The fourth-order valence-corrected chi connectivity index (χ4v) is 2.25. The van der Waals surface area contributed by atoms with Gasteiger partial charge in [-0.15, -0.1) is 0 Å². The van der Waals surface area contributed by atoms with E-state index in [0.717, 1.165) is 0 Å². The third-order valence-electron chi connectivity index (χ3n) is 1.23. The number of nitrogens with zero attached hydrogens (tertiary/aromatic N) is 2. The highest BCUT2D eigenvalue weighted by Crippen LogP contribution is 2.41. The Bertz CT molecular complexity index is 283. The van der Waals surface area contributed by atoms with Crippen molar-refractivity contribution in [3.8, 4) is 0 Å². The first-order chi connectivity index (χ1) is 5.52. The summed E-state index contributed by atoms with van der Waals surface area (Å²) >= 11 is 0. The summed E-state index contributed by atoms with van der Waals surface area (Å²) in [5.74, 6) is 0. The molecule has 1 aromatic heterocycles. The van der Waals surface area contributed by atoms with Crippen LogP contribution in [0.25, 0.3) is 0 Å². The normalized spacial score (nSPS) is 16.3. The molecule has 1 heterocycles. The fraction of sp³-hybridized carbons (Fsp3) is 0.667. The highest BCUT2D eigenvalue weighted by atomic mass is 31.2. The second-order valence-corrected chi connectivity index (χ2v) is 5.19. The van der Waals surface area contributed by atoms with Crippen LogP contribution in [0.5, 0.6) is 0 Å². The van der Waals surface area contributed by atoms with Crippen LogP contribution in [0.15, 0.2) is 6.20 Å². The Balaban J connectivity index is 2.80. The molecular formula is C6H12N3O2P. The fourth-order valence-electron chi connectivity index (χ4n) is 0.848. The SMILES string of the molecule is CC(C)OP(C)(=O)c1cn[nH]n1. The first-order valence-electron chi connectivity index (χ1n) is 3.64. The van der Waals surface area contributed by atoms with Crippen LogP contribution in [-0.2, 0) is 9.09 Å². The van der Waals surface area contributed by atoms with Gasteiger partial charge in [-0.1, -0.05) is 0 Å². The Morgan fingerprint density at radius 2 is 2.33 bits per heavy atom. The van der Waals surface area contributed by atoms with Crippen LogP contribution in [0.2, 0.25) is 0 Å². The molecule has 6 heteroatoms. The van der Waals surface area contributed by atoms with Crippen molar-refractivity contribution in [2.45, 2.75) is 20.0 Å². The molecule has 5 nitrogen and oxygen atoms in total. The number of aromatic nitrogens is 3. The summed E-state index contributed by atoms with van der Waals surface area (Å²) < 4.78 is 17.0. The van der Waals surface area contributed by atoms with Gasteiger partial charge >= 0.3 is 0 Å². The number of hydrogen-bond acceptors (Lipinski definition) is 4. The summed E-state index contributed by atoms with van der Waals surface area (Å²) in [5, 5.41) is 9.68. The summed E-state index contributed by atoms with van der Waals surface area (Å²) in [6.07, 6.45) is 1.35. The van der Waals surface area contributed by atoms with E-state index in [-0.39, 0.29) is 6.10 Å². The highest BCUT2D eigenvalue weighted by molar-refractivity contribution is 7.65. The van der Waals surface area contributed by atoms with Gasteiger partial charge in [0.05, 0.1) is 12.3 Å². The van der Waals surface area contributed by atoms with Gasteiger partial charge in [0.2, 0.25) is 0 Å². The minimum atomic E-state index is -2.76.